The maximum atomic E-state index is 14.5. The Morgan fingerprint density at radius 3 is 2.59 bits per heavy atom. The van der Waals surface area contributed by atoms with Crippen LogP contribution in [0.4, 0.5) is 9.18 Å². The van der Waals surface area contributed by atoms with Crippen molar-refractivity contribution in [2.24, 2.45) is 0 Å². The number of carboxylic acid groups (broad SMARTS) is 1. The highest BCUT2D eigenvalue weighted by atomic mass is 79.9. The van der Waals surface area contributed by atoms with Gasteiger partial charge in [0, 0.05) is 42.3 Å². The van der Waals surface area contributed by atoms with Crippen LogP contribution in [-0.2, 0) is 17.8 Å². The van der Waals surface area contributed by atoms with E-state index in [9.17, 15) is 19.1 Å². The summed E-state index contributed by atoms with van der Waals surface area (Å²) in [7, 11) is 0. The number of amides is 2. The molecule has 2 unspecified atom stereocenters. The highest BCUT2D eigenvalue weighted by Crippen LogP contribution is 2.40. The zero-order valence-electron chi connectivity index (χ0n) is 24.1. The molecule has 0 radical (unpaired) electrons. The molecule has 7 nitrogen and oxygen atoms in total. The fourth-order valence-corrected chi connectivity index (χ4v) is 6.82. The quantitative estimate of drug-likeness (QED) is 0.227. The second kappa shape index (κ2) is 13.3. The van der Waals surface area contributed by atoms with Crippen molar-refractivity contribution in [3.8, 4) is 5.75 Å². The molecule has 2 N–H and O–H groups in total. The van der Waals surface area contributed by atoms with E-state index in [1.165, 1.54) is 17.0 Å². The number of fused-ring (bicyclic) bond motifs is 2. The fourth-order valence-electron chi connectivity index (χ4n) is 6.27. The zero-order chi connectivity index (χ0) is 30.8. The summed E-state index contributed by atoms with van der Waals surface area (Å²) in [6.07, 6.45) is 2.81. The second-order valence-electron chi connectivity index (χ2n) is 11.6. The molecule has 1 aliphatic carbocycles. The smallest absolute Gasteiger partial charge is 0.408 e. The first kappa shape index (κ1) is 30.6. The SMILES string of the molecule is O=C(C1=C(c2ccc(CCCOc3cc(F)ccc3Br)cc2)CC2CNCC1N2C(=O)O)N(Cc1ccccc1Cl)C1CC1. The van der Waals surface area contributed by atoms with Gasteiger partial charge in [0.25, 0.3) is 5.91 Å². The van der Waals surface area contributed by atoms with Crippen LogP contribution >= 0.6 is 27.5 Å². The molecule has 1 saturated carbocycles. The molecule has 3 aromatic rings. The van der Waals surface area contributed by atoms with Gasteiger partial charge in [0.15, 0.2) is 0 Å². The third kappa shape index (κ3) is 6.65. The summed E-state index contributed by atoms with van der Waals surface area (Å²) in [6, 6.07) is 19.4. The van der Waals surface area contributed by atoms with Gasteiger partial charge < -0.3 is 20.1 Å². The molecule has 230 valence electrons. The van der Waals surface area contributed by atoms with Gasteiger partial charge in [0.1, 0.15) is 11.6 Å². The van der Waals surface area contributed by atoms with E-state index in [4.69, 9.17) is 16.3 Å². The van der Waals surface area contributed by atoms with E-state index in [0.717, 1.165) is 47.9 Å². The number of benzene rings is 3. The molecule has 6 rings (SSSR count). The third-order valence-electron chi connectivity index (χ3n) is 8.61. The molecule has 1 saturated heterocycles. The van der Waals surface area contributed by atoms with Crippen LogP contribution in [0.25, 0.3) is 5.57 Å². The molecule has 44 heavy (non-hydrogen) atoms. The standard InChI is InChI=1S/C34H34BrClFN3O4/c35-28-14-11-24(37)16-31(28)44-15-3-4-21-7-9-22(10-8-21)27-17-26-18-38-19-30(40(26)34(42)43)32(27)33(41)39(25-12-13-25)20-23-5-1-2-6-29(23)36/h1-2,5-11,14,16,25-26,30,38H,3-4,12-13,15,17-20H2,(H,42,43). The van der Waals surface area contributed by atoms with E-state index in [2.05, 4.69) is 33.4 Å². The fraction of sp³-hybridized carbons (Fsp3) is 0.353. The van der Waals surface area contributed by atoms with Crippen molar-refractivity contribution >= 4 is 45.1 Å². The first-order valence-corrected chi connectivity index (χ1v) is 16.1. The molecule has 3 aromatic carbocycles. The lowest BCUT2D eigenvalue weighted by atomic mass is 9.81. The molecule has 2 bridgehead atoms. The molecule has 2 amide bonds. The van der Waals surface area contributed by atoms with E-state index < -0.39 is 12.1 Å². The number of hydrogen-bond acceptors (Lipinski definition) is 4. The number of nitrogens with one attached hydrogen (secondary N) is 1. The van der Waals surface area contributed by atoms with Gasteiger partial charge in [-0.2, -0.15) is 0 Å². The second-order valence-corrected chi connectivity index (χ2v) is 12.9. The summed E-state index contributed by atoms with van der Waals surface area (Å²) in [5, 5.41) is 14.1. The number of piperazine rings is 1. The van der Waals surface area contributed by atoms with Crippen LogP contribution in [0.3, 0.4) is 0 Å². The van der Waals surface area contributed by atoms with Crippen LogP contribution in [0.5, 0.6) is 5.75 Å². The van der Waals surface area contributed by atoms with Gasteiger partial charge in [-0.05, 0) is 88.5 Å². The molecular formula is C34H34BrClFN3O4. The summed E-state index contributed by atoms with van der Waals surface area (Å²) in [5.41, 5.74) is 4.40. The van der Waals surface area contributed by atoms with Gasteiger partial charge in [-0.25, -0.2) is 9.18 Å². The lowest BCUT2D eigenvalue weighted by molar-refractivity contribution is -0.129. The summed E-state index contributed by atoms with van der Waals surface area (Å²) in [5.74, 6) is 0.0155. The minimum Gasteiger partial charge on any atom is -0.492 e. The summed E-state index contributed by atoms with van der Waals surface area (Å²) < 4.78 is 20.0. The van der Waals surface area contributed by atoms with Crippen molar-refractivity contribution in [1.29, 1.82) is 0 Å². The van der Waals surface area contributed by atoms with Crippen LogP contribution in [0.15, 0.2) is 76.8 Å². The van der Waals surface area contributed by atoms with E-state index in [-0.39, 0.29) is 23.8 Å². The van der Waals surface area contributed by atoms with Crippen LogP contribution in [0, 0.1) is 5.82 Å². The molecule has 2 heterocycles. The van der Waals surface area contributed by atoms with Crippen molar-refractivity contribution in [3.05, 3.63) is 104 Å². The first-order chi connectivity index (χ1) is 21.3. The number of carbonyl (C=O) groups is 2. The largest absolute Gasteiger partial charge is 0.492 e. The average Bonchev–Trinajstić information content (AvgIpc) is 3.85. The number of rotatable bonds is 10. The molecule has 0 spiro atoms. The van der Waals surface area contributed by atoms with Crippen molar-refractivity contribution in [2.45, 2.75) is 56.8 Å². The highest BCUT2D eigenvalue weighted by molar-refractivity contribution is 9.10. The van der Waals surface area contributed by atoms with Gasteiger partial charge in [-0.1, -0.05) is 54.1 Å². The van der Waals surface area contributed by atoms with Crippen molar-refractivity contribution < 1.29 is 23.8 Å². The summed E-state index contributed by atoms with van der Waals surface area (Å²) in [6.45, 7) is 1.75. The lowest BCUT2D eigenvalue weighted by Gasteiger charge is -2.47. The molecule has 0 aromatic heterocycles. The van der Waals surface area contributed by atoms with Crippen molar-refractivity contribution in [2.75, 3.05) is 19.7 Å². The number of ether oxygens (including phenoxy) is 1. The van der Waals surface area contributed by atoms with E-state index in [1.807, 2.05) is 41.3 Å². The molecule has 3 aliphatic rings. The Labute approximate surface area is 269 Å². The Balaban J connectivity index is 1.25. The van der Waals surface area contributed by atoms with Gasteiger partial charge in [0.2, 0.25) is 0 Å². The lowest BCUT2D eigenvalue weighted by Crippen LogP contribution is -2.63. The zero-order valence-corrected chi connectivity index (χ0v) is 26.5. The number of halogens is 3. The van der Waals surface area contributed by atoms with Crippen molar-refractivity contribution in [3.63, 3.8) is 0 Å². The highest BCUT2D eigenvalue weighted by Gasteiger charge is 2.46. The first-order valence-electron chi connectivity index (χ1n) is 15.0. The Morgan fingerprint density at radius 2 is 1.86 bits per heavy atom. The van der Waals surface area contributed by atoms with Gasteiger partial charge in [-0.3, -0.25) is 9.69 Å². The monoisotopic (exact) mass is 681 g/mol. The van der Waals surface area contributed by atoms with Gasteiger partial charge in [-0.15, -0.1) is 0 Å². The van der Waals surface area contributed by atoms with Crippen LogP contribution in [0.2, 0.25) is 5.02 Å². The predicted octanol–water partition coefficient (Wildman–Crippen LogP) is 6.92. The van der Waals surface area contributed by atoms with E-state index in [1.54, 1.807) is 6.07 Å². The van der Waals surface area contributed by atoms with Crippen LogP contribution < -0.4 is 10.1 Å². The Kier molecular flexibility index (Phi) is 9.26. The van der Waals surface area contributed by atoms with E-state index in [0.29, 0.717) is 53.5 Å². The maximum absolute atomic E-state index is 14.5. The number of carbonyl (C=O) groups excluding carboxylic acids is 1. The Bertz CT molecular complexity index is 1580. The maximum Gasteiger partial charge on any atom is 0.408 e. The predicted molar refractivity (Wildman–Crippen MR) is 171 cm³/mol. The summed E-state index contributed by atoms with van der Waals surface area (Å²) in [4.78, 5) is 30.3. The minimum atomic E-state index is -1.00. The molecule has 2 aliphatic heterocycles. The molecule has 2 fully saturated rings. The number of aryl methyl sites for hydroxylation is 1. The Hall–Kier alpha value is -3.40. The Morgan fingerprint density at radius 1 is 1.09 bits per heavy atom. The molecular weight excluding hydrogens is 649 g/mol. The molecule has 2 atom stereocenters. The summed E-state index contributed by atoms with van der Waals surface area (Å²) >= 11 is 9.88. The number of hydrogen-bond donors (Lipinski definition) is 2. The minimum absolute atomic E-state index is 0.109. The average molecular weight is 683 g/mol. The van der Waals surface area contributed by atoms with Crippen LogP contribution in [-0.4, -0.2) is 64.7 Å². The molecule has 10 heteroatoms. The van der Waals surface area contributed by atoms with Gasteiger partial charge >= 0.3 is 6.09 Å². The van der Waals surface area contributed by atoms with Crippen molar-refractivity contribution in [1.82, 2.24) is 15.1 Å². The van der Waals surface area contributed by atoms with Gasteiger partial charge in [0.05, 0.1) is 23.2 Å². The third-order valence-corrected chi connectivity index (χ3v) is 9.63. The van der Waals surface area contributed by atoms with Crippen LogP contribution in [0.1, 0.15) is 42.4 Å². The topological polar surface area (TPSA) is 82.1 Å². The number of nitrogens with zero attached hydrogens (tertiary/aromatic N) is 2. The normalized spacial score (nSPS) is 19.6. The van der Waals surface area contributed by atoms with E-state index >= 15 is 0 Å².